The second-order valence-electron chi connectivity index (χ2n) is 13.3. The van der Waals surface area contributed by atoms with E-state index in [2.05, 4.69) is 50.4 Å². The van der Waals surface area contributed by atoms with E-state index >= 15 is 0 Å². The van der Waals surface area contributed by atoms with Gasteiger partial charge in [-0.3, -0.25) is 4.79 Å². The smallest absolute Gasteiger partial charge is 0.254 e. The summed E-state index contributed by atoms with van der Waals surface area (Å²) in [6, 6.07) is 12.0. The summed E-state index contributed by atoms with van der Waals surface area (Å²) in [5.41, 5.74) is 10.5. The predicted octanol–water partition coefficient (Wildman–Crippen LogP) is 5.23. The van der Waals surface area contributed by atoms with E-state index in [0.717, 1.165) is 77.0 Å². The number of fused-ring (bicyclic) bond motifs is 4. The van der Waals surface area contributed by atoms with Crippen LogP contribution in [-0.2, 0) is 13.6 Å². The minimum Gasteiger partial charge on any atom is -0.494 e. The van der Waals surface area contributed by atoms with Gasteiger partial charge in [-0.1, -0.05) is 13.8 Å². The SMILES string of the molecule is COc1cc(C(=O)N2CC3CCC2[C@@H]3N)cc2nc(-c3cc4ccc(Nc5ccnc(C(C)C)n5)nc4n3CC3CC3)n(C)c12. The molecule has 1 aromatic carbocycles. The molecule has 11 heteroatoms. The number of pyridine rings is 1. The Labute approximate surface area is 261 Å². The topological polar surface area (TPSA) is 129 Å². The zero-order valence-corrected chi connectivity index (χ0v) is 26.2. The minimum absolute atomic E-state index is 0.00123. The number of piperidine rings is 1. The van der Waals surface area contributed by atoms with Crippen LogP contribution in [0.15, 0.2) is 42.6 Å². The van der Waals surface area contributed by atoms with Crippen molar-refractivity contribution in [1.82, 2.24) is 34.0 Å². The monoisotopic (exact) mass is 605 g/mol. The van der Waals surface area contributed by atoms with Crippen molar-refractivity contribution in [3.63, 3.8) is 0 Å². The molecular formula is C34H39N9O2. The number of ether oxygens (including phenoxy) is 1. The molecule has 5 heterocycles. The van der Waals surface area contributed by atoms with Gasteiger partial charge in [0.15, 0.2) is 5.82 Å². The first-order valence-corrected chi connectivity index (χ1v) is 16.0. The number of nitrogens with zero attached hydrogens (tertiary/aromatic N) is 7. The highest BCUT2D eigenvalue weighted by atomic mass is 16.5. The van der Waals surface area contributed by atoms with Crippen LogP contribution in [0.4, 0.5) is 11.6 Å². The lowest BCUT2D eigenvalue weighted by Crippen LogP contribution is -2.41. The van der Waals surface area contributed by atoms with Crippen LogP contribution in [-0.4, -0.2) is 65.6 Å². The molecule has 3 atom stereocenters. The zero-order valence-electron chi connectivity index (χ0n) is 26.2. The zero-order chi connectivity index (χ0) is 31.0. The van der Waals surface area contributed by atoms with E-state index in [4.69, 9.17) is 20.4 Å². The molecule has 5 aromatic rings. The van der Waals surface area contributed by atoms with Gasteiger partial charge in [0, 0.05) is 55.3 Å². The van der Waals surface area contributed by atoms with Crippen LogP contribution in [0, 0.1) is 11.8 Å². The molecule has 2 bridgehead atoms. The highest BCUT2D eigenvalue weighted by molar-refractivity contribution is 6.00. The van der Waals surface area contributed by atoms with Gasteiger partial charge in [-0.05, 0) is 73.9 Å². The fraction of sp³-hybridized carbons (Fsp3) is 0.441. The van der Waals surface area contributed by atoms with Gasteiger partial charge >= 0.3 is 0 Å². The standard InChI is InChI=1S/C34H39N9O2/c1-18(2)31-36-12-11-28(39-31)38-27-10-8-20-14-25(42(32(20)40-27)16-19-5-6-19)33-37-23-13-22(15-26(45-4)30(23)41(33)3)34(44)43-17-21-7-9-24(43)29(21)35/h8,10-15,18-19,21,24,29H,5-7,9,16-17,35H2,1-4H3,(H,36,38,39,40)/t21?,24?,29-/m1/s1. The van der Waals surface area contributed by atoms with Crippen LogP contribution < -0.4 is 15.8 Å². The fourth-order valence-corrected chi connectivity index (χ4v) is 7.24. The summed E-state index contributed by atoms with van der Waals surface area (Å²) in [7, 11) is 3.65. The lowest BCUT2D eigenvalue weighted by Gasteiger charge is -2.27. The lowest BCUT2D eigenvalue weighted by molar-refractivity contribution is 0.0700. The van der Waals surface area contributed by atoms with Crippen molar-refractivity contribution in [2.24, 2.45) is 24.6 Å². The number of aryl methyl sites for hydroxylation is 1. The Kier molecular flexibility index (Phi) is 6.56. The average Bonchev–Trinajstić information content (AvgIpc) is 3.45. The second-order valence-corrected chi connectivity index (χ2v) is 13.3. The van der Waals surface area contributed by atoms with Gasteiger partial charge in [0.05, 0.1) is 18.3 Å². The molecule has 3 aliphatic rings. The molecule has 11 nitrogen and oxygen atoms in total. The average molecular weight is 606 g/mol. The van der Waals surface area contributed by atoms with Crippen LogP contribution in [0.3, 0.4) is 0 Å². The van der Waals surface area contributed by atoms with Crippen molar-refractivity contribution >= 4 is 39.6 Å². The third kappa shape index (κ3) is 4.72. The molecule has 45 heavy (non-hydrogen) atoms. The number of anilines is 2. The predicted molar refractivity (Wildman–Crippen MR) is 174 cm³/mol. The number of carbonyl (C=O) groups excluding carboxylic acids is 1. The number of hydrogen-bond donors (Lipinski definition) is 2. The van der Waals surface area contributed by atoms with Gasteiger partial charge < -0.3 is 29.8 Å². The maximum Gasteiger partial charge on any atom is 0.254 e. The number of rotatable bonds is 8. The molecule has 1 amide bonds. The van der Waals surface area contributed by atoms with Crippen molar-refractivity contribution in [1.29, 1.82) is 0 Å². The molecule has 0 radical (unpaired) electrons. The third-order valence-electron chi connectivity index (χ3n) is 9.87. The summed E-state index contributed by atoms with van der Waals surface area (Å²) in [6.45, 7) is 5.75. The second kappa shape index (κ2) is 10.5. The largest absolute Gasteiger partial charge is 0.494 e. The molecule has 2 aliphatic carbocycles. The molecule has 0 spiro atoms. The molecule has 8 rings (SSSR count). The Balaban J connectivity index is 1.19. The van der Waals surface area contributed by atoms with Crippen molar-refractivity contribution in [3.8, 4) is 17.3 Å². The number of nitrogens with one attached hydrogen (secondary N) is 1. The van der Waals surface area contributed by atoms with Crippen LogP contribution >= 0.6 is 0 Å². The van der Waals surface area contributed by atoms with Crippen molar-refractivity contribution in [3.05, 3.63) is 54.0 Å². The number of benzene rings is 1. The number of carbonyl (C=O) groups is 1. The molecule has 3 N–H and O–H groups in total. The number of hydrogen-bond acceptors (Lipinski definition) is 8. The molecule has 1 aliphatic heterocycles. The van der Waals surface area contributed by atoms with Crippen LogP contribution in [0.25, 0.3) is 33.6 Å². The molecule has 3 fully saturated rings. The Bertz CT molecular complexity index is 1960. The fourth-order valence-electron chi connectivity index (χ4n) is 7.24. The number of imidazole rings is 1. The van der Waals surface area contributed by atoms with Crippen molar-refractivity contribution in [2.75, 3.05) is 19.0 Å². The first kappa shape index (κ1) is 28.0. The van der Waals surface area contributed by atoms with E-state index in [1.165, 1.54) is 12.8 Å². The van der Waals surface area contributed by atoms with Gasteiger partial charge in [-0.25, -0.2) is 19.9 Å². The van der Waals surface area contributed by atoms with E-state index < -0.39 is 0 Å². The van der Waals surface area contributed by atoms with Crippen molar-refractivity contribution < 1.29 is 9.53 Å². The molecule has 1 saturated heterocycles. The number of nitrogens with two attached hydrogens (primary N) is 1. The maximum absolute atomic E-state index is 13.7. The Morgan fingerprint density at radius 1 is 1.07 bits per heavy atom. The molecular weight excluding hydrogens is 566 g/mol. The van der Waals surface area contributed by atoms with Crippen LogP contribution in [0.1, 0.15) is 61.6 Å². The maximum atomic E-state index is 13.7. The van der Waals surface area contributed by atoms with E-state index in [-0.39, 0.29) is 23.9 Å². The van der Waals surface area contributed by atoms with E-state index in [0.29, 0.717) is 23.1 Å². The summed E-state index contributed by atoms with van der Waals surface area (Å²) in [5.74, 6) is 4.91. The normalized spacial score (nSPS) is 21.0. The first-order valence-electron chi connectivity index (χ1n) is 16.0. The summed E-state index contributed by atoms with van der Waals surface area (Å²) in [6.07, 6.45) is 6.27. The minimum atomic E-state index is 0.00123. The molecule has 2 saturated carbocycles. The Morgan fingerprint density at radius 2 is 1.89 bits per heavy atom. The van der Waals surface area contributed by atoms with Gasteiger partial charge in [-0.15, -0.1) is 0 Å². The van der Waals surface area contributed by atoms with Crippen LogP contribution in [0.5, 0.6) is 5.75 Å². The summed E-state index contributed by atoms with van der Waals surface area (Å²) in [4.78, 5) is 34.9. The van der Waals surface area contributed by atoms with Gasteiger partial charge in [0.1, 0.15) is 34.4 Å². The highest BCUT2D eigenvalue weighted by Crippen LogP contribution is 2.40. The number of aromatic nitrogens is 6. The quantitative estimate of drug-likeness (QED) is 0.246. The van der Waals surface area contributed by atoms with E-state index in [1.54, 1.807) is 13.3 Å². The van der Waals surface area contributed by atoms with Crippen LogP contribution in [0.2, 0.25) is 0 Å². The lowest BCUT2D eigenvalue weighted by atomic mass is 10.1. The Hall–Kier alpha value is -4.51. The summed E-state index contributed by atoms with van der Waals surface area (Å²) < 4.78 is 10.2. The van der Waals surface area contributed by atoms with Gasteiger partial charge in [-0.2, -0.15) is 0 Å². The van der Waals surface area contributed by atoms with Gasteiger partial charge in [0.2, 0.25) is 0 Å². The van der Waals surface area contributed by atoms with E-state index in [9.17, 15) is 4.79 Å². The summed E-state index contributed by atoms with van der Waals surface area (Å²) in [5, 5.41) is 4.42. The molecule has 2 unspecified atom stereocenters. The third-order valence-corrected chi connectivity index (χ3v) is 9.87. The number of likely N-dealkylation sites (tertiary alicyclic amines) is 1. The molecule has 232 valence electrons. The molecule has 4 aromatic heterocycles. The first-order chi connectivity index (χ1) is 21.8. The number of methoxy groups -OCH3 is 1. The Morgan fingerprint density at radius 3 is 2.60 bits per heavy atom. The summed E-state index contributed by atoms with van der Waals surface area (Å²) >= 11 is 0. The highest BCUT2D eigenvalue weighted by Gasteiger charge is 2.47. The van der Waals surface area contributed by atoms with Crippen molar-refractivity contribution in [2.45, 2.75) is 64.1 Å². The van der Waals surface area contributed by atoms with E-state index in [1.807, 2.05) is 36.2 Å². The van der Waals surface area contributed by atoms with Gasteiger partial charge in [0.25, 0.3) is 5.91 Å². The number of amides is 1.